The molecule has 0 aliphatic rings. The molecule has 0 atom stereocenters. The lowest BCUT2D eigenvalue weighted by molar-refractivity contribution is -0.144. The fourth-order valence-electron chi connectivity index (χ4n) is 1.39. The van der Waals surface area contributed by atoms with Gasteiger partial charge in [0, 0.05) is 13.0 Å². The van der Waals surface area contributed by atoms with Crippen molar-refractivity contribution in [1.29, 1.82) is 0 Å². The monoisotopic (exact) mass is 227 g/mol. The second-order valence-corrected chi connectivity index (χ2v) is 3.74. The first kappa shape index (κ1) is 14.7. The molecule has 16 heavy (non-hydrogen) atoms. The Labute approximate surface area is 96.9 Å². The first-order chi connectivity index (χ1) is 7.61. The van der Waals surface area contributed by atoms with Gasteiger partial charge >= 0.3 is 5.97 Å². The van der Waals surface area contributed by atoms with E-state index in [9.17, 15) is 9.59 Å². The molecule has 0 fully saturated rings. The third-order valence-electron chi connectivity index (χ3n) is 2.27. The number of aliphatic carboxylic acids is 1. The van der Waals surface area contributed by atoms with E-state index in [0.717, 1.165) is 19.3 Å². The van der Waals surface area contributed by atoms with Crippen molar-refractivity contribution in [3.63, 3.8) is 0 Å². The lowest BCUT2D eigenvalue weighted by Gasteiger charge is -2.20. The number of carbonyl (C=O) groups is 2. The Morgan fingerprint density at radius 3 is 2.56 bits per heavy atom. The molecule has 0 heterocycles. The van der Waals surface area contributed by atoms with Crippen molar-refractivity contribution in [1.82, 2.24) is 4.90 Å². The number of carbonyl (C=O) groups excluding carboxylic acids is 1. The van der Waals surface area contributed by atoms with Crippen LogP contribution in [-0.2, 0) is 9.59 Å². The summed E-state index contributed by atoms with van der Waals surface area (Å²) in [4.78, 5) is 23.7. The number of hydrogen-bond acceptors (Lipinski definition) is 2. The van der Waals surface area contributed by atoms with Crippen molar-refractivity contribution in [2.75, 3.05) is 13.1 Å². The van der Waals surface area contributed by atoms with E-state index in [0.29, 0.717) is 19.4 Å². The van der Waals surface area contributed by atoms with Gasteiger partial charge in [-0.15, -0.1) is 6.58 Å². The summed E-state index contributed by atoms with van der Waals surface area (Å²) in [5.74, 6) is -1.05. The summed E-state index contributed by atoms with van der Waals surface area (Å²) >= 11 is 0. The Kier molecular flexibility index (Phi) is 8.21. The summed E-state index contributed by atoms with van der Waals surface area (Å²) in [6.45, 7) is 5.95. The van der Waals surface area contributed by atoms with Crippen LogP contribution in [0.4, 0.5) is 0 Å². The van der Waals surface area contributed by atoms with Crippen LogP contribution in [0.1, 0.15) is 39.0 Å². The molecular formula is C12H21NO3. The number of carboxylic acids is 1. The summed E-state index contributed by atoms with van der Waals surface area (Å²) in [5.41, 5.74) is 0. The highest BCUT2D eigenvalue weighted by molar-refractivity contribution is 5.81. The van der Waals surface area contributed by atoms with Crippen molar-refractivity contribution in [3.05, 3.63) is 12.7 Å². The van der Waals surface area contributed by atoms with E-state index < -0.39 is 5.97 Å². The van der Waals surface area contributed by atoms with Crippen LogP contribution in [0.5, 0.6) is 0 Å². The number of allylic oxidation sites excluding steroid dienone is 1. The second-order valence-electron chi connectivity index (χ2n) is 3.74. The zero-order valence-electron chi connectivity index (χ0n) is 9.95. The molecule has 92 valence electrons. The van der Waals surface area contributed by atoms with Crippen LogP contribution in [0.2, 0.25) is 0 Å². The highest BCUT2D eigenvalue weighted by Gasteiger charge is 2.15. The molecule has 4 nitrogen and oxygen atoms in total. The van der Waals surface area contributed by atoms with Crippen molar-refractivity contribution >= 4 is 11.9 Å². The largest absolute Gasteiger partial charge is 0.480 e. The minimum absolute atomic E-state index is 0.0987. The van der Waals surface area contributed by atoms with Crippen LogP contribution < -0.4 is 0 Å². The van der Waals surface area contributed by atoms with Gasteiger partial charge in [0.2, 0.25) is 5.91 Å². The van der Waals surface area contributed by atoms with E-state index in [1.165, 1.54) is 4.90 Å². The summed E-state index contributed by atoms with van der Waals surface area (Å²) in [7, 11) is 0. The zero-order chi connectivity index (χ0) is 12.4. The average Bonchev–Trinajstić information content (AvgIpc) is 2.24. The molecular weight excluding hydrogens is 206 g/mol. The normalized spacial score (nSPS) is 9.81. The van der Waals surface area contributed by atoms with E-state index in [1.54, 1.807) is 6.08 Å². The smallest absolute Gasteiger partial charge is 0.323 e. The molecule has 0 saturated carbocycles. The van der Waals surface area contributed by atoms with Gasteiger partial charge in [0.1, 0.15) is 6.54 Å². The summed E-state index contributed by atoms with van der Waals surface area (Å²) in [6, 6.07) is 0. The molecule has 0 saturated heterocycles. The molecule has 1 amide bonds. The van der Waals surface area contributed by atoms with Gasteiger partial charge < -0.3 is 10.0 Å². The summed E-state index contributed by atoms with van der Waals surface area (Å²) in [5, 5.41) is 8.70. The van der Waals surface area contributed by atoms with E-state index in [2.05, 4.69) is 13.5 Å². The van der Waals surface area contributed by atoms with Gasteiger partial charge in [-0.1, -0.05) is 25.8 Å². The lowest BCUT2D eigenvalue weighted by Crippen LogP contribution is -2.36. The standard InChI is InChI=1S/C12H21NO3/c1-3-5-7-9-13(10-12(15)16)11(14)8-6-4-2/h4H,2-3,5-10H2,1H3,(H,15,16). The molecule has 4 heteroatoms. The van der Waals surface area contributed by atoms with Gasteiger partial charge in [-0.05, 0) is 12.8 Å². The number of amides is 1. The van der Waals surface area contributed by atoms with Crippen molar-refractivity contribution in [2.45, 2.75) is 39.0 Å². The molecule has 0 aliphatic heterocycles. The minimum Gasteiger partial charge on any atom is -0.480 e. The van der Waals surface area contributed by atoms with E-state index in [1.807, 2.05) is 0 Å². The van der Waals surface area contributed by atoms with Crippen LogP contribution in [0.25, 0.3) is 0 Å². The maximum Gasteiger partial charge on any atom is 0.323 e. The van der Waals surface area contributed by atoms with Gasteiger partial charge in [-0.3, -0.25) is 9.59 Å². The van der Waals surface area contributed by atoms with Crippen LogP contribution >= 0.6 is 0 Å². The van der Waals surface area contributed by atoms with Gasteiger partial charge in [-0.2, -0.15) is 0 Å². The minimum atomic E-state index is -0.955. The summed E-state index contributed by atoms with van der Waals surface area (Å²) in [6.07, 6.45) is 5.56. The van der Waals surface area contributed by atoms with Gasteiger partial charge in [0.25, 0.3) is 0 Å². The lowest BCUT2D eigenvalue weighted by atomic mass is 10.2. The number of carboxylic acid groups (broad SMARTS) is 1. The second kappa shape index (κ2) is 8.95. The zero-order valence-corrected chi connectivity index (χ0v) is 9.95. The van der Waals surface area contributed by atoms with Gasteiger partial charge in [0.15, 0.2) is 0 Å². The fourth-order valence-corrected chi connectivity index (χ4v) is 1.39. The van der Waals surface area contributed by atoms with Crippen molar-refractivity contribution in [2.24, 2.45) is 0 Å². The van der Waals surface area contributed by atoms with Gasteiger partial charge in [-0.25, -0.2) is 0 Å². The number of nitrogens with zero attached hydrogens (tertiary/aromatic N) is 1. The third-order valence-corrected chi connectivity index (χ3v) is 2.27. The molecule has 0 aromatic carbocycles. The van der Waals surface area contributed by atoms with E-state index >= 15 is 0 Å². The third kappa shape index (κ3) is 7.04. The Balaban J connectivity index is 4.11. The van der Waals surface area contributed by atoms with Crippen LogP contribution in [0.3, 0.4) is 0 Å². The van der Waals surface area contributed by atoms with Gasteiger partial charge in [0.05, 0.1) is 0 Å². The average molecular weight is 227 g/mol. The number of hydrogen-bond donors (Lipinski definition) is 1. The predicted octanol–water partition coefficient (Wildman–Crippen LogP) is 2.06. The topological polar surface area (TPSA) is 57.6 Å². The molecule has 0 radical (unpaired) electrons. The summed E-state index contributed by atoms with van der Waals surface area (Å²) < 4.78 is 0. The molecule has 0 aliphatic carbocycles. The Morgan fingerprint density at radius 1 is 1.38 bits per heavy atom. The molecule has 1 N–H and O–H groups in total. The van der Waals surface area contributed by atoms with Crippen molar-refractivity contribution < 1.29 is 14.7 Å². The maximum absolute atomic E-state index is 11.6. The highest BCUT2D eigenvalue weighted by atomic mass is 16.4. The first-order valence-corrected chi connectivity index (χ1v) is 5.72. The van der Waals surface area contributed by atoms with Crippen molar-refractivity contribution in [3.8, 4) is 0 Å². The van der Waals surface area contributed by atoms with Crippen LogP contribution in [-0.4, -0.2) is 35.0 Å². The molecule has 0 spiro atoms. The number of unbranched alkanes of at least 4 members (excludes halogenated alkanes) is 2. The predicted molar refractivity (Wildman–Crippen MR) is 63.2 cm³/mol. The Hall–Kier alpha value is -1.32. The fraction of sp³-hybridized carbons (Fsp3) is 0.667. The molecule has 0 aromatic heterocycles. The maximum atomic E-state index is 11.6. The SMILES string of the molecule is C=CCCC(=O)N(CCCCC)CC(=O)O. The quantitative estimate of drug-likeness (QED) is 0.484. The van der Waals surface area contributed by atoms with E-state index in [4.69, 9.17) is 5.11 Å². The number of rotatable bonds is 9. The van der Waals surface area contributed by atoms with Crippen LogP contribution in [0, 0.1) is 0 Å². The molecule has 0 bridgehead atoms. The molecule has 0 unspecified atom stereocenters. The Bertz CT molecular complexity index is 238. The molecule has 0 rings (SSSR count). The Morgan fingerprint density at radius 2 is 2.06 bits per heavy atom. The highest BCUT2D eigenvalue weighted by Crippen LogP contribution is 2.03. The van der Waals surface area contributed by atoms with E-state index in [-0.39, 0.29) is 12.5 Å². The first-order valence-electron chi connectivity index (χ1n) is 5.72. The molecule has 0 aromatic rings. The van der Waals surface area contributed by atoms with Crippen LogP contribution in [0.15, 0.2) is 12.7 Å².